The second-order valence-corrected chi connectivity index (χ2v) is 7.58. The van der Waals surface area contributed by atoms with Gasteiger partial charge in [-0.25, -0.2) is 0 Å². The number of carbonyl (C=O) groups excluding carboxylic acids is 2. The van der Waals surface area contributed by atoms with Crippen molar-refractivity contribution in [1.82, 2.24) is 15.5 Å². The lowest BCUT2D eigenvalue weighted by Crippen LogP contribution is -2.43. The predicted octanol–water partition coefficient (Wildman–Crippen LogP) is 2.42. The summed E-state index contributed by atoms with van der Waals surface area (Å²) < 4.78 is 44.0. The van der Waals surface area contributed by atoms with Crippen molar-refractivity contribution in [1.29, 1.82) is 0 Å². The van der Waals surface area contributed by atoms with Crippen molar-refractivity contribution in [3.8, 4) is 5.75 Å². The molecular weight excluding hydrogens is 425 g/mol. The van der Waals surface area contributed by atoms with E-state index in [0.29, 0.717) is 6.54 Å². The minimum atomic E-state index is -4.67. The Kier molecular flexibility index (Phi) is 7.24. The maximum atomic E-state index is 13.0. The predicted molar refractivity (Wildman–Crippen MR) is 113 cm³/mol. The number of halogens is 3. The molecule has 0 aliphatic carbocycles. The quantitative estimate of drug-likeness (QED) is 0.563. The molecule has 1 saturated heterocycles. The number of likely N-dealkylation sites (tertiary alicyclic amines) is 1. The van der Waals surface area contributed by atoms with Gasteiger partial charge in [0.2, 0.25) is 5.91 Å². The Morgan fingerprint density at radius 1 is 1.19 bits per heavy atom. The Hall–Kier alpha value is -3.27. The van der Waals surface area contributed by atoms with Crippen molar-refractivity contribution >= 4 is 17.5 Å². The molecule has 0 saturated carbocycles. The van der Waals surface area contributed by atoms with Gasteiger partial charge in [0.15, 0.2) is 0 Å². The topological polar surface area (TPSA) is 96.7 Å². The van der Waals surface area contributed by atoms with Crippen LogP contribution in [0.3, 0.4) is 0 Å². The fourth-order valence-corrected chi connectivity index (χ4v) is 3.63. The first-order valence-electron chi connectivity index (χ1n) is 10.1. The lowest BCUT2D eigenvalue weighted by atomic mass is 10.1. The molecule has 7 nitrogen and oxygen atoms in total. The summed E-state index contributed by atoms with van der Waals surface area (Å²) in [6.45, 7) is 1.85. The molecule has 0 spiro atoms. The molecule has 2 aromatic rings. The summed E-state index contributed by atoms with van der Waals surface area (Å²) in [4.78, 5) is 26.6. The molecule has 1 atom stereocenters. The summed E-state index contributed by atoms with van der Waals surface area (Å²) >= 11 is 0. The molecule has 1 fully saturated rings. The molecule has 1 heterocycles. The number of alkyl halides is 3. The number of hydrogen-bond donors (Lipinski definition) is 3. The summed E-state index contributed by atoms with van der Waals surface area (Å²) in [6, 6.07) is 10.8. The van der Waals surface area contributed by atoms with E-state index in [1.54, 1.807) is 7.11 Å². The zero-order valence-corrected chi connectivity index (χ0v) is 17.5. The van der Waals surface area contributed by atoms with Gasteiger partial charge in [-0.1, -0.05) is 18.2 Å². The first-order valence-corrected chi connectivity index (χ1v) is 10.1. The Morgan fingerprint density at radius 3 is 2.56 bits per heavy atom. The normalized spacial score (nSPS) is 16.6. The molecule has 32 heavy (non-hydrogen) atoms. The summed E-state index contributed by atoms with van der Waals surface area (Å²) in [5, 5.41) is 5.17. The van der Waals surface area contributed by atoms with E-state index in [9.17, 15) is 22.8 Å². The van der Waals surface area contributed by atoms with Crippen molar-refractivity contribution < 1.29 is 27.5 Å². The number of nitrogens with zero attached hydrogens (tertiary/aromatic N) is 1. The number of hydrogen-bond acceptors (Lipinski definition) is 5. The van der Waals surface area contributed by atoms with Gasteiger partial charge in [-0.3, -0.25) is 14.5 Å². The fourth-order valence-electron chi connectivity index (χ4n) is 3.63. The molecule has 1 aliphatic heterocycles. The van der Waals surface area contributed by atoms with Gasteiger partial charge in [-0.15, -0.1) is 0 Å². The second-order valence-electron chi connectivity index (χ2n) is 7.58. The highest BCUT2D eigenvalue weighted by atomic mass is 19.4. The van der Waals surface area contributed by atoms with Crippen molar-refractivity contribution in [2.24, 2.45) is 0 Å². The van der Waals surface area contributed by atoms with Crippen molar-refractivity contribution in [3.63, 3.8) is 0 Å². The van der Waals surface area contributed by atoms with Crippen LogP contribution in [-0.4, -0.2) is 49.5 Å². The summed E-state index contributed by atoms with van der Waals surface area (Å²) in [7, 11) is 1.61. The van der Waals surface area contributed by atoms with E-state index in [-0.39, 0.29) is 18.2 Å². The minimum absolute atomic E-state index is 0.0729. The van der Waals surface area contributed by atoms with E-state index < -0.39 is 29.2 Å². The van der Waals surface area contributed by atoms with Gasteiger partial charge in [-0.05, 0) is 36.2 Å². The maximum Gasteiger partial charge on any atom is 0.418 e. The van der Waals surface area contributed by atoms with E-state index in [1.165, 1.54) is 6.07 Å². The van der Waals surface area contributed by atoms with Crippen molar-refractivity contribution in [3.05, 3.63) is 59.2 Å². The Morgan fingerprint density at radius 2 is 1.91 bits per heavy atom. The molecule has 0 aromatic heterocycles. The van der Waals surface area contributed by atoms with E-state index in [4.69, 9.17) is 10.5 Å². The van der Waals surface area contributed by atoms with Crippen LogP contribution in [0.2, 0.25) is 0 Å². The average molecular weight is 450 g/mol. The number of carbonyl (C=O) groups is 2. The van der Waals surface area contributed by atoms with Crippen LogP contribution in [0.1, 0.15) is 27.9 Å². The summed E-state index contributed by atoms with van der Waals surface area (Å²) in [5.41, 5.74) is 4.57. The first kappa shape index (κ1) is 23.4. The molecule has 2 amide bonds. The molecule has 4 N–H and O–H groups in total. The first-order chi connectivity index (χ1) is 15.2. The highest BCUT2D eigenvalue weighted by molar-refractivity contribution is 6.01. The fraction of sp³-hybridized carbons (Fsp3) is 0.364. The third kappa shape index (κ3) is 5.91. The number of nitrogens with one attached hydrogen (secondary N) is 2. The third-order valence-electron chi connectivity index (χ3n) is 5.27. The summed E-state index contributed by atoms with van der Waals surface area (Å²) in [5.74, 6) is -0.467. The molecule has 1 unspecified atom stereocenters. The van der Waals surface area contributed by atoms with Gasteiger partial charge < -0.3 is 21.1 Å². The number of methoxy groups -OCH3 is 1. The minimum Gasteiger partial charge on any atom is -0.497 e. The number of para-hydroxylation sites is 1. The number of benzene rings is 2. The number of nitrogen functional groups attached to an aromatic ring is 1. The largest absolute Gasteiger partial charge is 0.497 e. The monoisotopic (exact) mass is 450 g/mol. The molecule has 2 aromatic carbocycles. The standard InChI is InChI=1S/C22H25F3N4O3/c1-32-16-7-5-14(6-8-16)12-29-10-9-15(13-29)28-19(30)11-27-21(31)17-3-2-4-18(20(17)26)22(23,24)25/h2-8,15H,9-13,26H2,1H3,(H,27,31)(H,28,30). The molecule has 172 valence electrons. The van der Waals surface area contributed by atoms with Crippen LogP contribution in [0.25, 0.3) is 0 Å². The highest BCUT2D eigenvalue weighted by Crippen LogP contribution is 2.34. The zero-order chi connectivity index (χ0) is 23.3. The number of rotatable bonds is 7. The van der Waals surface area contributed by atoms with Crippen molar-refractivity contribution in [2.45, 2.75) is 25.2 Å². The van der Waals surface area contributed by atoms with Gasteiger partial charge >= 0.3 is 6.18 Å². The van der Waals surface area contributed by atoms with Gasteiger partial charge in [0, 0.05) is 25.7 Å². The van der Waals surface area contributed by atoms with Crippen LogP contribution in [0.4, 0.5) is 18.9 Å². The molecule has 1 aliphatic rings. The van der Waals surface area contributed by atoms with E-state index in [2.05, 4.69) is 15.5 Å². The van der Waals surface area contributed by atoms with Crippen LogP contribution in [0.5, 0.6) is 5.75 Å². The lowest BCUT2D eigenvalue weighted by molar-refractivity contribution is -0.137. The third-order valence-corrected chi connectivity index (χ3v) is 5.27. The molecule has 3 rings (SSSR count). The van der Waals surface area contributed by atoms with Crippen LogP contribution in [-0.2, 0) is 17.5 Å². The Balaban J connectivity index is 1.47. The molecular formula is C22H25F3N4O3. The number of ether oxygens (including phenoxy) is 1. The number of anilines is 1. The van der Waals surface area contributed by atoms with Crippen LogP contribution < -0.4 is 21.1 Å². The van der Waals surface area contributed by atoms with Gasteiger partial charge in [0.1, 0.15) is 5.75 Å². The van der Waals surface area contributed by atoms with Gasteiger partial charge in [0.05, 0.1) is 30.5 Å². The maximum absolute atomic E-state index is 13.0. The highest BCUT2D eigenvalue weighted by Gasteiger charge is 2.34. The van der Waals surface area contributed by atoms with Crippen LogP contribution in [0.15, 0.2) is 42.5 Å². The zero-order valence-electron chi connectivity index (χ0n) is 17.5. The number of nitrogens with two attached hydrogens (primary N) is 1. The Labute approximate surface area is 183 Å². The van der Waals surface area contributed by atoms with Gasteiger partial charge in [0.25, 0.3) is 5.91 Å². The molecule has 0 radical (unpaired) electrons. The molecule has 10 heteroatoms. The second kappa shape index (κ2) is 9.90. The van der Waals surface area contributed by atoms with Gasteiger partial charge in [-0.2, -0.15) is 13.2 Å². The van der Waals surface area contributed by atoms with Crippen LogP contribution in [0, 0.1) is 0 Å². The van der Waals surface area contributed by atoms with Crippen molar-refractivity contribution in [2.75, 3.05) is 32.5 Å². The SMILES string of the molecule is COc1ccc(CN2CCC(NC(=O)CNC(=O)c3cccc(C(F)(F)F)c3N)C2)cc1. The Bertz CT molecular complexity index is 964. The van der Waals surface area contributed by atoms with E-state index >= 15 is 0 Å². The smallest absolute Gasteiger partial charge is 0.418 e. The van der Waals surface area contributed by atoms with E-state index in [1.807, 2.05) is 24.3 Å². The van der Waals surface area contributed by atoms with E-state index in [0.717, 1.165) is 43.0 Å². The molecule has 0 bridgehead atoms. The average Bonchev–Trinajstić information content (AvgIpc) is 3.18. The lowest BCUT2D eigenvalue weighted by Gasteiger charge is -2.17. The summed E-state index contributed by atoms with van der Waals surface area (Å²) in [6.07, 6.45) is -3.91. The number of amides is 2. The van der Waals surface area contributed by atoms with Crippen LogP contribution >= 0.6 is 0 Å².